The van der Waals surface area contributed by atoms with E-state index in [9.17, 15) is 4.21 Å². The second-order valence-corrected chi connectivity index (χ2v) is 8.04. The lowest BCUT2D eigenvalue weighted by atomic mass is 10.2. The van der Waals surface area contributed by atoms with E-state index in [2.05, 4.69) is 9.97 Å². The number of aromatic amines is 1. The number of imidazole rings is 2. The number of hydrogen-bond acceptors (Lipinski definition) is 4. The Morgan fingerprint density at radius 3 is 2.59 bits per heavy atom. The Hall–Kier alpha value is -3.45. The third-order valence-electron chi connectivity index (χ3n) is 4.96. The fourth-order valence-electron chi connectivity index (χ4n) is 3.48. The predicted molar refractivity (Wildman–Crippen MR) is 113 cm³/mol. The van der Waals surface area contributed by atoms with Gasteiger partial charge in [-0.2, -0.15) is 0 Å². The topological polar surface area (TPSA) is 72.8 Å². The number of ether oxygens (including phenoxy) is 1. The Kier molecular flexibility index (Phi) is 4.17. The maximum Gasteiger partial charge on any atom is 0.202 e. The van der Waals surface area contributed by atoms with Crippen LogP contribution in [0.3, 0.4) is 0 Å². The Morgan fingerprint density at radius 1 is 0.966 bits per heavy atom. The van der Waals surface area contributed by atoms with Gasteiger partial charge >= 0.3 is 0 Å². The highest BCUT2D eigenvalue weighted by molar-refractivity contribution is 7.85. The summed E-state index contributed by atoms with van der Waals surface area (Å²) in [7, 11) is 2.09. The van der Waals surface area contributed by atoms with Gasteiger partial charge in [0.25, 0.3) is 0 Å². The first-order chi connectivity index (χ1) is 14.2. The smallest absolute Gasteiger partial charge is 0.202 e. The highest BCUT2D eigenvalue weighted by atomic mass is 32.2. The molecule has 0 aliphatic carbocycles. The predicted octanol–water partition coefficient (Wildman–Crippen LogP) is 4.29. The number of benzene rings is 3. The Morgan fingerprint density at radius 2 is 1.76 bits per heavy atom. The van der Waals surface area contributed by atoms with Crippen molar-refractivity contribution in [2.24, 2.45) is 7.05 Å². The molecule has 144 valence electrons. The summed E-state index contributed by atoms with van der Waals surface area (Å²) in [4.78, 5) is 13.1. The van der Waals surface area contributed by atoms with Gasteiger partial charge in [0.2, 0.25) is 5.16 Å². The van der Waals surface area contributed by atoms with Gasteiger partial charge in [-0.1, -0.05) is 30.3 Å². The van der Waals surface area contributed by atoms with Gasteiger partial charge in [0.1, 0.15) is 22.4 Å². The van der Waals surface area contributed by atoms with Crippen molar-refractivity contribution in [3.8, 4) is 17.1 Å². The summed E-state index contributed by atoms with van der Waals surface area (Å²) >= 11 is 0. The first kappa shape index (κ1) is 17.6. The molecular weight excluding hydrogens is 384 g/mol. The largest absolute Gasteiger partial charge is 0.497 e. The summed E-state index contributed by atoms with van der Waals surface area (Å²) in [6, 6.07) is 21.1. The van der Waals surface area contributed by atoms with Crippen LogP contribution in [0.4, 0.5) is 0 Å². The molecule has 7 heteroatoms. The van der Waals surface area contributed by atoms with Gasteiger partial charge in [0, 0.05) is 18.7 Å². The third-order valence-corrected chi connectivity index (χ3v) is 6.26. The van der Waals surface area contributed by atoms with E-state index in [0.717, 1.165) is 39.2 Å². The quantitative estimate of drug-likeness (QED) is 0.487. The maximum atomic E-state index is 13.4. The molecule has 1 unspecified atom stereocenters. The van der Waals surface area contributed by atoms with Gasteiger partial charge < -0.3 is 14.3 Å². The van der Waals surface area contributed by atoms with Crippen LogP contribution in [0.1, 0.15) is 0 Å². The number of nitrogens with zero attached hydrogens (tertiary/aromatic N) is 3. The number of H-pyrrole nitrogens is 1. The standard InChI is InChI=1S/C22H18N4O2S/c1-26-19-9-5-4-8-17(19)23-21(26)15-7-3-6-10-20(15)29(27)22-24-16-12-11-14(28-2)13-18(16)25-22/h3-13H,1-2H3,(H,24,25). The second kappa shape index (κ2) is 6.86. The van der Waals surface area contributed by atoms with Crippen LogP contribution in [-0.2, 0) is 17.8 Å². The molecule has 0 aliphatic rings. The number of methoxy groups -OCH3 is 1. The number of aryl methyl sites for hydroxylation is 1. The number of fused-ring (bicyclic) bond motifs is 2. The summed E-state index contributed by atoms with van der Waals surface area (Å²) < 4.78 is 20.7. The highest BCUT2D eigenvalue weighted by Gasteiger charge is 2.20. The molecule has 0 saturated carbocycles. The summed E-state index contributed by atoms with van der Waals surface area (Å²) in [5.41, 5.74) is 4.28. The zero-order valence-corrected chi connectivity index (χ0v) is 16.7. The average Bonchev–Trinajstić information content (AvgIpc) is 3.34. The summed E-state index contributed by atoms with van der Waals surface area (Å²) in [6.07, 6.45) is 0. The molecule has 5 aromatic rings. The minimum atomic E-state index is -1.49. The molecule has 0 amide bonds. The molecule has 3 aromatic carbocycles. The third kappa shape index (κ3) is 2.91. The Bertz CT molecular complexity index is 1390. The molecule has 5 rings (SSSR count). The van der Waals surface area contributed by atoms with Crippen LogP contribution in [0.25, 0.3) is 33.5 Å². The summed E-state index contributed by atoms with van der Waals surface area (Å²) in [5, 5.41) is 0.402. The normalized spacial score (nSPS) is 12.5. The molecule has 0 radical (unpaired) electrons. The fourth-order valence-corrected chi connectivity index (χ4v) is 4.64. The van der Waals surface area contributed by atoms with Crippen molar-refractivity contribution in [1.82, 2.24) is 19.5 Å². The van der Waals surface area contributed by atoms with Crippen LogP contribution in [-0.4, -0.2) is 30.8 Å². The van der Waals surface area contributed by atoms with Gasteiger partial charge in [-0.3, -0.25) is 0 Å². The fraction of sp³-hybridized carbons (Fsp3) is 0.0909. The zero-order valence-electron chi connectivity index (χ0n) is 15.9. The van der Waals surface area contributed by atoms with Crippen LogP contribution in [0.15, 0.2) is 76.8 Å². The van der Waals surface area contributed by atoms with Crippen LogP contribution >= 0.6 is 0 Å². The highest BCUT2D eigenvalue weighted by Crippen LogP contribution is 2.30. The van der Waals surface area contributed by atoms with Crippen molar-refractivity contribution in [3.63, 3.8) is 0 Å². The monoisotopic (exact) mass is 402 g/mol. The van der Waals surface area contributed by atoms with Gasteiger partial charge in [-0.05, 0) is 30.3 Å². The van der Waals surface area contributed by atoms with Crippen LogP contribution in [0.2, 0.25) is 0 Å². The van der Waals surface area contributed by atoms with Crippen LogP contribution in [0, 0.1) is 0 Å². The lowest BCUT2D eigenvalue weighted by molar-refractivity contribution is 0.415. The molecule has 0 aliphatic heterocycles. The summed E-state index contributed by atoms with van der Waals surface area (Å²) in [5.74, 6) is 1.49. The maximum absolute atomic E-state index is 13.4. The van der Waals surface area contributed by atoms with Crippen LogP contribution < -0.4 is 4.74 Å². The van der Waals surface area contributed by atoms with Crippen molar-refractivity contribution in [1.29, 1.82) is 0 Å². The Balaban J connectivity index is 1.64. The van der Waals surface area contributed by atoms with Crippen molar-refractivity contribution in [3.05, 3.63) is 66.7 Å². The van der Waals surface area contributed by atoms with E-state index in [1.54, 1.807) is 7.11 Å². The number of para-hydroxylation sites is 2. The molecular formula is C22H18N4O2S. The Labute approximate surface area is 169 Å². The van der Waals surface area contributed by atoms with Crippen molar-refractivity contribution in [2.75, 3.05) is 7.11 Å². The van der Waals surface area contributed by atoms with Crippen molar-refractivity contribution >= 4 is 32.9 Å². The number of rotatable bonds is 4. The van der Waals surface area contributed by atoms with E-state index >= 15 is 0 Å². The first-order valence-corrected chi connectivity index (χ1v) is 10.3. The molecule has 29 heavy (non-hydrogen) atoms. The molecule has 2 aromatic heterocycles. The molecule has 0 saturated heterocycles. The number of aromatic nitrogens is 4. The molecule has 1 N–H and O–H groups in total. The minimum Gasteiger partial charge on any atom is -0.497 e. The average molecular weight is 402 g/mol. The molecule has 2 heterocycles. The first-order valence-electron chi connectivity index (χ1n) is 9.12. The zero-order chi connectivity index (χ0) is 20.0. The molecule has 0 bridgehead atoms. The summed E-state index contributed by atoms with van der Waals surface area (Å²) in [6.45, 7) is 0. The number of hydrogen-bond donors (Lipinski definition) is 1. The van der Waals surface area contributed by atoms with E-state index < -0.39 is 10.8 Å². The van der Waals surface area contributed by atoms with E-state index in [-0.39, 0.29) is 0 Å². The van der Waals surface area contributed by atoms with E-state index in [0.29, 0.717) is 10.1 Å². The molecule has 0 spiro atoms. The van der Waals surface area contributed by atoms with Crippen LogP contribution in [0.5, 0.6) is 5.75 Å². The van der Waals surface area contributed by atoms with Gasteiger partial charge in [-0.25, -0.2) is 14.2 Å². The van der Waals surface area contributed by atoms with Crippen molar-refractivity contribution < 1.29 is 8.95 Å². The molecule has 1 atom stereocenters. The van der Waals surface area contributed by atoms with Crippen molar-refractivity contribution in [2.45, 2.75) is 10.1 Å². The number of nitrogens with one attached hydrogen (secondary N) is 1. The van der Waals surface area contributed by atoms with E-state index in [1.165, 1.54) is 0 Å². The minimum absolute atomic E-state index is 0.402. The van der Waals surface area contributed by atoms with Gasteiger partial charge in [0.15, 0.2) is 0 Å². The van der Waals surface area contributed by atoms with E-state index in [1.807, 2.05) is 78.3 Å². The van der Waals surface area contributed by atoms with Gasteiger partial charge in [-0.15, -0.1) is 0 Å². The molecule has 6 nitrogen and oxygen atoms in total. The lowest BCUT2D eigenvalue weighted by Gasteiger charge is -2.08. The second-order valence-electron chi connectivity index (χ2n) is 6.67. The SMILES string of the molecule is COc1ccc2nc(S(=O)c3ccccc3-c3nc4ccccc4n3C)[nH]c2c1. The van der Waals surface area contributed by atoms with E-state index in [4.69, 9.17) is 9.72 Å². The molecule has 0 fully saturated rings. The van der Waals surface area contributed by atoms with Gasteiger partial charge in [0.05, 0.1) is 34.1 Å². The lowest BCUT2D eigenvalue weighted by Crippen LogP contribution is -2.01.